The van der Waals surface area contributed by atoms with Gasteiger partial charge in [-0.3, -0.25) is 4.98 Å². The molecular weight excluding hydrogens is 374 g/mol. The molecule has 0 saturated carbocycles. The van der Waals surface area contributed by atoms with Crippen LogP contribution < -0.4 is 0 Å². The van der Waals surface area contributed by atoms with Gasteiger partial charge in [0.1, 0.15) is 0 Å². The number of aryl methyl sites for hydroxylation is 2. The molecule has 0 spiro atoms. The third kappa shape index (κ3) is 4.02. The Kier molecular flexibility index (Phi) is 5.19. The minimum absolute atomic E-state index is 0.765. The van der Waals surface area contributed by atoms with Crippen molar-refractivity contribution in [3.05, 3.63) is 88.2 Å². The Labute approximate surface area is 168 Å². The maximum atomic E-state index is 6.12. The second-order valence-electron chi connectivity index (χ2n) is 6.69. The molecule has 27 heavy (non-hydrogen) atoms. The minimum Gasteiger partial charge on any atom is -0.313 e. The molecule has 5 heteroatoms. The van der Waals surface area contributed by atoms with Crippen LogP contribution >= 0.6 is 23.4 Å². The van der Waals surface area contributed by atoms with E-state index >= 15 is 0 Å². The van der Waals surface area contributed by atoms with Gasteiger partial charge in [0.25, 0.3) is 0 Å². The fourth-order valence-corrected chi connectivity index (χ4v) is 4.30. The zero-order valence-electron chi connectivity index (χ0n) is 15.3. The monoisotopic (exact) mass is 393 g/mol. The second kappa shape index (κ2) is 7.75. The number of imidazole rings is 1. The molecule has 3 nitrogen and oxygen atoms in total. The number of hydrogen-bond donors (Lipinski definition) is 0. The largest absolute Gasteiger partial charge is 0.313 e. The zero-order chi connectivity index (χ0) is 18.8. The first-order valence-electron chi connectivity index (χ1n) is 8.84. The smallest absolute Gasteiger partial charge is 0.169 e. The van der Waals surface area contributed by atoms with Crippen LogP contribution in [0, 0.1) is 13.8 Å². The van der Waals surface area contributed by atoms with Crippen LogP contribution in [0.5, 0.6) is 0 Å². The molecule has 0 aliphatic heterocycles. The number of thioether (sulfide) groups is 1. The summed E-state index contributed by atoms with van der Waals surface area (Å²) in [5.41, 5.74) is 7.10. The van der Waals surface area contributed by atoms with Crippen molar-refractivity contribution in [1.29, 1.82) is 0 Å². The van der Waals surface area contributed by atoms with Crippen LogP contribution in [0.4, 0.5) is 0 Å². The van der Waals surface area contributed by atoms with Gasteiger partial charge >= 0.3 is 0 Å². The third-order valence-electron chi connectivity index (χ3n) is 4.61. The molecule has 2 aromatic carbocycles. The van der Waals surface area contributed by atoms with Crippen LogP contribution in [-0.4, -0.2) is 14.5 Å². The van der Waals surface area contributed by atoms with Crippen molar-refractivity contribution in [3.63, 3.8) is 0 Å². The molecule has 0 atom stereocenters. The molecule has 2 heterocycles. The summed E-state index contributed by atoms with van der Waals surface area (Å²) in [6.07, 6.45) is 3.69. The summed E-state index contributed by atoms with van der Waals surface area (Å²) in [6.45, 7) is 5.07. The highest BCUT2D eigenvalue weighted by Gasteiger charge is 2.13. The van der Waals surface area contributed by atoms with E-state index in [2.05, 4.69) is 47.7 Å². The lowest BCUT2D eigenvalue weighted by Crippen LogP contribution is -2.04. The predicted molar refractivity (Wildman–Crippen MR) is 114 cm³/mol. The average Bonchev–Trinajstić information content (AvgIpc) is 3.01. The first-order valence-corrected chi connectivity index (χ1v) is 10.2. The molecule has 0 unspecified atom stereocenters. The van der Waals surface area contributed by atoms with Crippen molar-refractivity contribution in [2.75, 3.05) is 0 Å². The van der Waals surface area contributed by atoms with Crippen LogP contribution in [0.1, 0.15) is 22.3 Å². The average molecular weight is 394 g/mol. The van der Waals surface area contributed by atoms with Crippen LogP contribution in [0.3, 0.4) is 0 Å². The highest BCUT2D eigenvalue weighted by atomic mass is 35.5. The fraction of sp³-hybridized carbons (Fsp3) is 0.182. The lowest BCUT2D eigenvalue weighted by molar-refractivity contribution is 0.726. The quantitative estimate of drug-likeness (QED) is 0.387. The molecule has 0 radical (unpaired) electrons. The van der Waals surface area contributed by atoms with Gasteiger partial charge < -0.3 is 4.57 Å². The van der Waals surface area contributed by atoms with Gasteiger partial charge in [-0.1, -0.05) is 59.3 Å². The van der Waals surface area contributed by atoms with Gasteiger partial charge in [0.05, 0.1) is 23.8 Å². The number of benzene rings is 2. The molecule has 0 bridgehead atoms. The lowest BCUT2D eigenvalue weighted by Gasteiger charge is -2.12. The first-order chi connectivity index (χ1) is 13.1. The molecule has 4 aromatic rings. The van der Waals surface area contributed by atoms with E-state index in [-0.39, 0.29) is 0 Å². The molecule has 0 amide bonds. The van der Waals surface area contributed by atoms with E-state index in [0.717, 1.165) is 33.5 Å². The zero-order valence-corrected chi connectivity index (χ0v) is 16.9. The van der Waals surface area contributed by atoms with Crippen molar-refractivity contribution in [2.24, 2.45) is 0 Å². The fourth-order valence-electron chi connectivity index (χ4n) is 3.13. The number of rotatable bonds is 5. The molecule has 2 aromatic heterocycles. The van der Waals surface area contributed by atoms with Crippen molar-refractivity contribution in [3.8, 4) is 0 Å². The van der Waals surface area contributed by atoms with Crippen molar-refractivity contribution < 1.29 is 0 Å². The summed E-state index contributed by atoms with van der Waals surface area (Å²) in [5.74, 6) is 0.824. The molecule has 0 fully saturated rings. The van der Waals surface area contributed by atoms with E-state index in [1.807, 2.05) is 30.5 Å². The van der Waals surface area contributed by atoms with E-state index in [1.54, 1.807) is 18.0 Å². The Morgan fingerprint density at radius 1 is 1.07 bits per heavy atom. The molecule has 0 aliphatic carbocycles. The maximum absolute atomic E-state index is 6.12. The Hall–Kier alpha value is -2.30. The summed E-state index contributed by atoms with van der Waals surface area (Å²) >= 11 is 7.85. The molecule has 0 aliphatic rings. The van der Waals surface area contributed by atoms with Crippen molar-refractivity contribution in [2.45, 2.75) is 31.3 Å². The lowest BCUT2D eigenvalue weighted by atomic mass is 10.1. The number of nitrogens with zero attached hydrogens (tertiary/aromatic N) is 3. The van der Waals surface area contributed by atoms with Gasteiger partial charge in [-0.25, -0.2) is 4.98 Å². The maximum Gasteiger partial charge on any atom is 0.169 e. The van der Waals surface area contributed by atoms with E-state index in [1.165, 1.54) is 22.3 Å². The van der Waals surface area contributed by atoms with Crippen LogP contribution in [0.15, 0.2) is 66.1 Å². The van der Waals surface area contributed by atoms with Gasteiger partial charge in [-0.2, -0.15) is 0 Å². The van der Waals surface area contributed by atoms with Crippen LogP contribution in [0.2, 0.25) is 5.02 Å². The van der Waals surface area contributed by atoms with Gasteiger partial charge in [0.15, 0.2) is 5.16 Å². The summed E-state index contributed by atoms with van der Waals surface area (Å²) in [5, 5.41) is 1.76. The summed E-state index contributed by atoms with van der Waals surface area (Å²) in [6, 6.07) is 16.5. The summed E-state index contributed by atoms with van der Waals surface area (Å²) in [4.78, 5) is 9.16. The first kappa shape index (κ1) is 18.1. The Balaban J connectivity index is 1.69. The normalized spacial score (nSPS) is 11.2. The van der Waals surface area contributed by atoms with Crippen LogP contribution in [-0.2, 0) is 12.3 Å². The minimum atomic E-state index is 0.765. The molecule has 0 saturated heterocycles. The van der Waals surface area contributed by atoms with Crippen LogP contribution in [0.25, 0.3) is 11.0 Å². The summed E-state index contributed by atoms with van der Waals surface area (Å²) < 4.78 is 2.26. The molecule has 4 rings (SSSR count). The number of hydrogen-bond acceptors (Lipinski definition) is 3. The third-order valence-corrected chi connectivity index (χ3v) is 5.89. The standard InChI is InChI=1S/C22H20ClN3S/c1-15-6-7-16(2)18(10-15)13-26-21-12-24-9-8-20(21)25-22(26)27-14-17-4-3-5-19(23)11-17/h3-12H,13-14H2,1-2H3. The van der Waals surface area contributed by atoms with Gasteiger partial charge in [-0.15, -0.1) is 0 Å². The number of fused-ring (bicyclic) bond motifs is 1. The van der Waals surface area contributed by atoms with E-state index in [0.29, 0.717) is 0 Å². The SMILES string of the molecule is Cc1ccc(C)c(Cn2c(SCc3cccc(Cl)c3)nc3ccncc32)c1. The van der Waals surface area contributed by atoms with Gasteiger partial charge in [-0.05, 0) is 48.7 Å². The number of pyridine rings is 1. The van der Waals surface area contributed by atoms with E-state index in [4.69, 9.17) is 16.6 Å². The topological polar surface area (TPSA) is 30.7 Å². The molecule has 136 valence electrons. The summed E-state index contributed by atoms with van der Waals surface area (Å²) in [7, 11) is 0. The number of aromatic nitrogens is 3. The van der Waals surface area contributed by atoms with E-state index in [9.17, 15) is 0 Å². The number of halogens is 1. The van der Waals surface area contributed by atoms with Crippen molar-refractivity contribution in [1.82, 2.24) is 14.5 Å². The van der Waals surface area contributed by atoms with Crippen molar-refractivity contribution >= 4 is 34.4 Å². The second-order valence-corrected chi connectivity index (χ2v) is 8.07. The molecule has 0 N–H and O–H groups in total. The Morgan fingerprint density at radius 2 is 1.96 bits per heavy atom. The Morgan fingerprint density at radius 3 is 2.81 bits per heavy atom. The van der Waals surface area contributed by atoms with Gasteiger partial charge in [0, 0.05) is 17.0 Å². The molecular formula is C22H20ClN3S. The highest BCUT2D eigenvalue weighted by Crippen LogP contribution is 2.28. The van der Waals surface area contributed by atoms with E-state index < -0.39 is 0 Å². The highest BCUT2D eigenvalue weighted by molar-refractivity contribution is 7.98. The predicted octanol–water partition coefficient (Wildman–Crippen LogP) is 6.04. The van der Waals surface area contributed by atoms with Gasteiger partial charge in [0.2, 0.25) is 0 Å². The Bertz CT molecular complexity index is 1100.